The minimum Gasteiger partial charge on any atom is -0.395 e. The molecule has 0 bridgehead atoms. The zero-order chi connectivity index (χ0) is 12.0. The Balaban J connectivity index is 1.91. The predicted molar refractivity (Wildman–Crippen MR) is 56.6 cm³/mol. The number of hydroxylamine groups is 1. The number of nitrogens with one attached hydrogen (secondary N) is 1. The number of halogens is 3. The molecule has 0 saturated carbocycles. The van der Waals surface area contributed by atoms with Crippen LogP contribution in [-0.2, 0) is 4.84 Å². The van der Waals surface area contributed by atoms with E-state index in [1.807, 2.05) is 0 Å². The predicted octanol–water partition coefficient (Wildman–Crippen LogP) is 2.82. The number of alkyl halides is 2. The summed E-state index contributed by atoms with van der Waals surface area (Å²) in [5, 5.41) is 0. The van der Waals surface area contributed by atoms with Crippen LogP contribution in [0, 0.1) is 0 Å². The van der Waals surface area contributed by atoms with E-state index in [2.05, 4.69) is 30.9 Å². The molecule has 0 aromatic heterocycles. The lowest BCUT2D eigenvalue weighted by Crippen LogP contribution is -2.25. The third kappa shape index (κ3) is 1.96. The van der Waals surface area contributed by atoms with Crippen LogP contribution in [0.15, 0.2) is 28.9 Å². The Morgan fingerprint density at radius 2 is 2.00 bits per heavy atom. The van der Waals surface area contributed by atoms with Crippen molar-refractivity contribution in [1.82, 2.24) is 5.48 Å². The molecule has 1 aromatic rings. The van der Waals surface area contributed by atoms with E-state index >= 15 is 0 Å². The normalized spacial score (nSPS) is 24.4. The van der Waals surface area contributed by atoms with Gasteiger partial charge in [0.25, 0.3) is 0 Å². The van der Waals surface area contributed by atoms with Crippen LogP contribution in [-0.4, -0.2) is 6.29 Å². The van der Waals surface area contributed by atoms with Crippen LogP contribution >= 0.6 is 15.9 Å². The van der Waals surface area contributed by atoms with Crippen LogP contribution in [0.4, 0.5) is 8.78 Å². The minimum atomic E-state index is -3.59. The Morgan fingerprint density at radius 1 is 1.24 bits per heavy atom. The summed E-state index contributed by atoms with van der Waals surface area (Å²) in [4.78, 5) is 5.19. The summed E-state index contributed by atoms with van der Waals surface area (Å²) in [7, 11) is 0. The number of ether oxygens (including phenoxy) is 2. The highest BCUT2D eigenvalue weighted by Crippen LogP contribution is 2.42. The van der Waals surface area contributed by atoms with Crippen LogP contribution in [0.25, 0.3) is 0 Å². The average Bonchev–Trinajstić information content (AvgIpc) is 2.78. The third-order valence-corrected chi connectivity index (χ3v) is 2.76. The van der Waals surface area contributed by atoms with E-state index in [0.717, 1.165) is 0 Å². The van der Waals surface area contributed by atoms with Gasteiger partial charge in [0.2, 0.25) is 0 Å². The molecule has 0 saturated heterocycles. The molecule has 2 heterocycles. The molecule has 2 aliphatic heterocycles. The largest absolute Gasteiger partial charge is 0.586 e. The molecule has 0 amide bonds. The Morgan fingerprint density at radius 3 is 2.71 bits per heavy atom. The number of fused-ring (bicyclic) bond motifs is 1. The number of benzene rings is 1. The fraction of sp³-hybridized carbons (Fsp3) is 0.200. The van der Waals surface area contributed by atoms with Gasteiger partial charge in [-0.1, -0.05) is 6.07 Å². The Bertz CT molecular complexity index is 506. The second-order valence-corrected chi connectivity index (χ2v) is 4.38. The van der Waals surface area contributed by atoms with Gasteiger partial charge in [0.05, 0.1) is 0 Å². The van der Waals surface area contributed by atoms with E-state index in [9.17, 15) is 8.78 Å². The van der Waals surface area contributed by atoms with Crippen molar-refractivity contribution in [1.29, 1.82) is 0 Å². The van der Waals surface area contributed by atoms with Gasteiger partial charge in [-0.25, -0.2) is 0 Å². The molecule has 1 atom stereocenters. The van der Waals surface area contributed by atoms with Crippen LogP contribution in [0.2, 0.25) is 0 Å². The molecule has 0 radical (unpaired) electrons. The van der Waals surface area contributed by atoms with Gasteiger partial charge in [0.1, 0.15) is 10.7 Å². The van der Waals surface area contributed by atoms with Gasteiger partial charge in [-0.05, 0) is 39.7 Å². The molecule has 17 heavy (non-hydrogen) atoms. The van der Waals surface area contributed by atoms with Crippen LogP contribution in [0.1, 0.15) is 11.7 Å². The van der Waals surface area contributed by atoms with Crippen molar-refractivity contribution in [3.8, 4) is 11.5 Å². The van der Waals surface area contributed by atoms with E-state index in [1.165, 1.54) is 12.1 Å². The molecular weight excluding hydrogens is 300 g/mol. The lowest BCUT2D eigenvalue weighted by Gasteiger charge is -2.07. The molecule has 4 nitrogen and oxygen atoms in total. The Hall–Kier alpha value is -1.34. The first-order chi connectivity index (χ1) is 8.03. The molecule has 0 unspecified atom stereocenters. The molecule has 90 valence electrons. The Labute approximate surface area is 103 Å². The van der Waals surface area contributed by atoms with E-state index in [4.69, 9.17) is 4.84 Å². The van der Waals surface area contributed by atoms with E-state index in [-0.39, 0.29) is 17.6 Å². The maximum Gasteiger partial charge on any atom is 0.586 e. The fourth-order valence-electron chi connectivity index (χ4n) is 1.63. The van der Waals surface area contributed by atoms with Gasteiger partial charge < -0.3 is 9.47 Å². The fourth-order valence-corrected chi connectivity index (χ4v) is 1.96. The standard InChI is InChI=1S/C10H6BrF2NO3/c11-9-4-7(17-14-9)5-1-2-6-8(3-5)16-10(12,13)15-6/h1-4,7,14H/t7-/m0/s1. The molecule has 2 aliphatic rings. The van der Waals surface area contributed by atoms with Crippen LogP contribution < -0.4 is 15.0 Å². The lowest BCUT2D eigenvalue weighted by molar-refractivity contribution is -0.286. The first kappa shape index (κ1) is 10.8. The zero-order valence-corrected chi connectivity index (χ0v) is 9.83. The molecule has 3 rings (SSSR count). The third-order valence-electron chi connectivity index (χ3n) is 2.33. The van der Waals surface area contributed by atoms with Crippen LogP contribution in [0.3, 0.4) is 0 Å². The van der Waals surface area contributed by atoms with E-state index < -0.39 is 6.29 Å². The lowest BCUT2D eigenvalue weighted by atomic mass is 10.1. The van der Waals surface area contributed by atoms with Crippen molar-refractivity contribution in [3.63, 3.8) is 0 Å². The highest BCUT2D eigenvalue weighted by molar-refractivity contribution is 9.11. The second-order valence-electron chi connectivity index (χ2n) is 3.53. The van der Waals surface area contributed by atoms with Crippen molar-refractivity contribution in [2.24, 2.45) is 0 Å². The molecule has 0 aliphatic carbocycles. The van der Waals surface area contributed by atoms with Crippen molar-refractivity contribution >= 4 is 15.9 Å². The van der Waals surface area contributed by atoms with Crippen molar-refractivity contribution in [2.75, 3.05) is 0 Å². The maximum absolute atomic E-state index is 12.8. The molecule has 7 heteroatoms. The summed E-state index contributed by atoms with van der Waals surface area (Å²) < 4.78 is 34.9. The molecular formula is C10H6BrF2NO3. The molecule has 1 aromatic carbocycles. The summed E-state index contributed by atoms with van der Waals surface area (Å²) in [5.74, 6) is 0.0280. The summed E-state index contributed by atoms with van der Waals surface area (Å²) >= 11 is 3.21. The van der Waals surface area contributed by atoms with Crippen LogP contribution in [0.5, 0.6) is 11.5 Å². The summed E-state index contributed by atoms with van der Waals surface area (Å²) in [6.45, 7) is 0. The van der Waals surface area contributed by atoms with Gasteiger partial charge in [-0.15, -0.1) is 8.78 Å². The first-order valence-corrected chi connectivity index (χ1v) is 5.51. The van der Waals surface area contributed by atoms with Gasteiger partial charge in [0, 0.05) is 0 Å². The SMILES string of the molecule is FC1(F)Oc2ccc([C@@H]3C=C(Br)NO3)cc2O1. The maximum atomic E-state index is 12.8. The summed E-state index contributed by atoms with van der Waals surface area (Å²) in [6.07, 6.45) is -2.19. The Kier molecular flexibility index (Phi) is 2.27. The average molecular weight is 306 g/mol. The van der Waals surface area contributed by atoms with Crippen molar-refractivity contribution in [2.45, 2.75) is 12.4 Å². The van der Waals surface area contributed by atoms with Crippen molar-refractivity contribution < 1.29 is 23.1 Å². The zero-order valence-electron chi connectivity index (χ0n) is 8.25. The number of hydrogen-bond acceptors (Lipinski definition) is 4. The number of rotatable bonds is 1. The van der Waals surface area contributed by atoms with Gasteiger partial charge >= 0.3 is 6.29 Å². The minimum absolute atomic E-state index is 0.00697. The van der Waals surface area contributed by atoms with Gasteiger partial charge in [-0.2, -0.15) is 0 Å². The highest BCUT2D eigenvalue weighted by Gasteiger charge is 2.43. The second kappa shape index (κ2) is 3.58. The molecule has 0 spiro atoms. The van der Waals surface area contributed by atoms with E-state index in [1.54, 1.807) is 12.1 Å². The summed E-state index contributed by atoms with van der Waals surface area (Å²) in [6, 6.07) is 4.53. The van der Waals surface area contributed by atoms with E-state index in [0.29, 0.717) is 10.2 Å². The van der Waals surface area contributed by atoms with Crippen molar-refractivity contribution in [3.05, 3.63) is 34.4 Å². The van der Waals surface area contributed by atoms with Gasteiger partial charge in [0.15, 0.2) is 11.5 Å². The molecule has 0 fully saturated rings. The molecule has 1 N–H and O–H groups in total. The summed E-state index contributed by atoms with van der Waals surface area (Å²) in [5.41, 5.74) is 3.30. The monoisotopic (exact) mass is 305 g/mol. The quantitative estimate of drug-likeness (QED) is 0.810. The smallest absolute Gasteiger partial charge is 0.395 e. The number of hydrogen-bond donors (Lipinski definition) is 1. The van der Waals surface area contributed by atoms with Gasteiger partial charge in [-0.3, -0.25) is 10.3 Å². The highest BCUT2D eigenvalue weighted by atomic mass is 79.9. The topological polar surface area (TPSA) is 39.7 Å². The first-order valence-electron chi connectivity index (χ1n) is 4.72.